The fourth-order valence-corrected chi connectivity index (χ4v) is 3.16. The third-order valence-electron chi connectivity index (χ3n) is 2.92. The number of thioether (sulfide) groups is 1. The molecule has 0 saturated carbocycles. The van der Waals surface area contributed by atoms with Gasteiger partial charge in [0.15, 0.2) is 0 Å². The number of rotatable bonds is 4. The SMILES string of the molecule is Cc1ccc(C(C)NCC2CCSC2)o1. The average Bonchev–Trinajstić information content (AvgIpc) is 2.84. The zero-order valence-corrected chi connectivity index (χ0v) is 10.3. The molecular weight excluding hydrogens is 206 g/mol. The van der Waals surface area contributed by atoms with E-state index in [0.717, 1.165) is 24.0 Å². The van der Waals surface area contributed by atoms with Gasteiger partial charge in [-0.3, -0.25) is 0 Å². The van der Waals surface area contributed by atoms with E-state index in [1.54, 1.807) is 0 Å². The van der Waals surface area contributed by atoms with E-state index < -0.39 is 0 Å². The van der Waals surface area contributed by atoms with Crippen LogP contribution in [-0.4, -0.2) is 18.1 Å². The molecule has 0 aliphatic carbocycles. The Morgan fingerprint density at radius 1 is 1.60 bits per heavy atom. The molecular formula is C12H19NOS. The maximum atomic E-state index is 5.59. The summed E-state index contributed by atoms with van der Waals surface area (Å²) in [6.45, 7) is 5.28. The van der Waals surface area contributed by atoms with Crippen molar-refractivity contribution in [2.24, 2.45) is 5.92 Å². The first-order valence-corrected chi connectivity index (χ1v) is 6.78. The fourth-order valence-electron chi connectivity index (χ4n) is 1.87. The van der Waals surface area contributed by atoms with Crippen LogP contribution in [0.1, 0.15) is 30.9 Å². The van der Waals surface area contributed by atoms with Crippen molar-refractivity contribution in [3.63, 3.8) is 0 Å². The Kier molecular flexibility index (Phi) is 3.76. The molecule has 3 heteroatoms. The van der Waals surface area contributed by atoms with Crippen LogP contribution in [0.25, 0.3) is 0 Å². The first-order valence-electron chi connectivity index (χ1n) is 5.63. The lowest BCUT2D eigenvalue weighted by Crippen LogP contribution is -2.25. The lowest BCUT2D eigenvalue weighted by molar-refractivity contribution is 0.396. The van der Waals surface area contributed by atoms with Crippen LogP contribution in [0.5, 0.6) is 0 Å². The summed E-state index contributed by atoms with van der Waals surface area (Å²) in [6, 6.07) is 4.43. The molecule has 1 aliphatic rings. The van der Waals surface area contributed by atoms with Gasteiger partial charge in [0.2, 0.25) is 0 Å². The van der Waals surface area contributed by atoms with Gasteiger partial charge in [-0.05, 0) is 56.4 Å². The summed E-state index contributed by atoms with van der Waals surface area (Å²) in [5, 5.41) is 3.55. The van der Waals surface area contributed by atoms with Gasteiger partial charge in [-0.15, -0.1) is 0 Å². The Balaban J connectivity index is 1.79. The number of aryl methyl sites for hydroxylation is 1. The minimum absolute atomic E-state index is 0.337. The van der Waals surface area contributed by atoms with Gasteiger partial charge < -0.3 is 9.73 Å². The van der Waals surface area contributed by atoms with Crippen LogP contribution in [0.3, 0.4) is 0 Å². The molecule has 2 unspecified atom stereocenters. The van der Waals surface area contributed by atoms with E-state index in [9.17, 15) is 0 Å². The highest BCUT2D eigenvalue weighted by atomic mass is 32.2. The van der Waals surface area contributed by atoms with Crippen molar-refractivity contribution in [2.45, 2.75) is 26.3 Å². The van der Waals surface area contributed by atoms with Crippen LogP contribution >= 0.6 is 11.8 Å². The van der Waals surface area contributed by atoms with E-state index in [4.69, 9.17) is 4.42 Å². The van der Waals surface area contributed by atoms with Crippen LogP contribution in [-0.2, 0) is 0 Å². The summed E-state index contributed by atoms with van der Waals surface area (Å²) in [5.41, 5.74) is 0. The molecule has 1 N–H and O–H groups in total. The largest absolute Gasteiger partial charge is 0.465 e. The number of nitrogens with one attached hydrogen (secondary N) is 1. The van der Waals surface area contributed by atoms with Gasteiger partial charge in [0.05, 0.1) is 6.04 Å². The van der Waals surface area contributed by atoms with Gasteiger partial charge in [-0.2, -0.15) is 11.8 Å². The maximum absolute atomic E-state index is 5.59. The molecule has 0 bridgehead atoms. The summed E-state index contributed by atoms with van der Waals surface area (Å²) in [6.07, 6.45) is 1.36. The van der Waals surface area contributed by atoms with E-state index in [0.29, 0.717) is 6.04 Å². The van der Waals surface area contributed by atoms with E-state index in [-0.39, 0.29) is 0 Å². The molecule has 0 radical (unpaired) electrons. The Hall–Kier alpha value is -0.410. The molecule has 2 heterocycles. The van der Waals surface area contributed by atoms with Crippen molar-refractivity contribution in [2.75, 3.05) is 18.1 Å². The van der Waals surface area contributed by atoms with Crippen LogP contribution in [0.4, 0.5) is 0 Å². The molecule has 0 aromatic carbocycles. The summed E-state index contributed by atoms with van der Waals surface area (Å²) >= 11 is 2.07. The molecule has 1 saturated heterocycles. The van der Waals surface area contributed by atoms with Crippen molar-refractivity contribution in [3.8, 4) is 0 Å². The van der Waals surface area contributed by atoms with Crippen LogP contribution in [0.2, 0.25) is 0 Å². The Morgan fingerprint density at radius 2 is 2.47 bits per heavy atom. The Bertz CT molecular complexity index is 304. The van der Waals surface area contributed by atoms with Gasteiger partial charge >= 0.3 is 0 Å². The average molecular weight is 225 g/mol. The van der Waals surface area contributed by atoms with Crippen LogP contribution in [0.15, 0.2) is 16.5 Å². The van der Waals surface area contributed by atoms with Gasteiger partial charge in [-0.25, -0.2) is 0 Å². The second-order valence-electron chi connectivity index (χ2n) is 4.31. The molecule has 15 heavy (non-hydrogen) atoms. The number of hydrogen-bond donors (Lipinski definition) is 1. The van der Waals surface area contributed by atoms with Gasteiger partial charge in [-0.1, -0.05) is 0 Å². The minimum Gasteiger partial charge on any atom is -0.465 e. The Labute approximate surface area is 95.8 Å². The normalized spacial score (nSPS) is 23.2. The van der Waals surface area contributed by atoms with E-state index in [1.165, 1.54) is 17.9 Å². The third kappa shape index (κ3) is 3.02. The second kappa shape index (κ2) is 5.08. The smallest absolute Gasteiger partial charge is 0.120 e. The van der Waals surface area contributed by atoms with E-state index in [2.05, 4.69) is 30.1 Å². The minimum atomic E-state index is 0.337. The predicted molar refractivity (Wildman–Crippen MR) is 65.3 cm³/mol. The first kappa shape index (κ1) is 11.1. The third-order valence-corrected chi connectivity index (χ3v) is 4.16. The lowest BCUT2D eigenvalue weighted by atomic mass is 10.1. The van der Waals surface area contributed by atoms with E-state index >= 15 is 0 Å². The molecule has 2 atom stereocenters. The van der Waals surface area contributed by atoms with Gasteiger partial charge in [0.25, 0.3) is 0 Å². The molecule has 0 spiro atoms. The summed E-state index contributed by atoms with van der Waals surface area (Å²) < 4.78 is 5.59. The standard InChI is InChI=1S/C12H19NOS/c1-9-3-4-12(14-9)10(2)13-7-11-5-6-15-8-11/h3-4,10-11,13H,5-8H2,1-2H3. The number of hydrogen-bond acceptors (Lipinski definition) is 3. The van der Waals surface area contributed by atoms with Gasteiger partial charge in [0, 0.05) is 0 Å². The topological polar surface area (TPSA) is 25.2 Å². The van der Waals surface area contributed by atoms with E-state index in [1.807, 2.05) is 13.0 Å². The van der Waals surface area contributed by atoms with Crippen molar-refractivity contribution in [3.05, 3.63) is 23.7 Å². The molecule has 1 aliphatic heterocycles. The van der Waals surface area contributed by atoms with Gasteiger partial charge in [0.1, 0.15) is 11.5 Å². The zero-order chi connectivity index (χ0) is 10.7. The lowest BCUT2D eigenvalue weighted by Gasteiger charge is -2.14. The fraction of sp³-hybridized carbons (Fsp3) is 0.667. The number of furan rings is 1. The van der Waals surface area contributed by atoms with Crippen molar-refractivity contribution >= 4 is 11.8 Å². The second-order valence-corrected chi connectivity index (χ2v) is 5.46. The molecule has 2 rings (SSSR count). The van der Waals surface area contributed by atoms with Crippen LogP contribution < -0.4 is 5.32 Å². The van der Waals surface area contributed by atoms with Crippen molar-refractivity contribution in [1.82, 2.24) is 5.32 Å². The molecule has 2 nitrogen and oxygen atoms in total. The Morgan fingerprint density at radius 3 is 3.07 bits per heavy atom. The molecule has 1 aromatic heterocycles. The molecule has 84 valence electrons. The predicted octanol–water partition coefficient (Wildman–Crippen LogP) is 2.99. The van der Waals surface area contributed by atoms with Crippen LogP contribution in [0, 0.1) is 12.8 Å². The highest BCUT2D eigenvalue weighted by Gasteiger charge is 2.17. The maximum Gasteiger partial charge on any atom is 0.120 e. The molecule has 1 fully saturated rings. The monoisotopic (exact) mass is 225 g/mol. The first-order chi connectivity index (χ1) is 7.25. The highest BCUT2D eigenvalue weighted by molar-refractivity contribution is 7.99. The molecule has 0 amide bonds. The van der Waals surface area contributed by atoms with Crippen molar-refractivity contribution < 1.29 is 4.42 Å². The summed E-state index contributed by atoms with van der Waals surface area (Å²) in [5.74, 6) is 5.55. The zero-order valence-electron chi connectivity index (χ0n) is 9.45. The summed E-state index contributed by atoms with van der Waals surface area (Å²) in [7, 11) is 0. The quantitative estimate of drug-likeness (QED) is 0.853. The summed E-state index contributed by atoms with van der Waals surface area (Å²) in [4.78, 5) is 0. The molecule has 1 aromatic rings. The van der Waals surface area contributed by atoms with Crippen molar-refractivity contribution in [1.29, 1.82) is 0 Å². The highest BCUT2D eigenvalue weighted by Crippen LogP contribution is 2.23.